The molecule has 5 heteroatoms. The van der Waals surface area contributed by atoms with Crippen molar-refractivity contribution in [3.05, 3.63) is 23.8 Å². The molecule has 0 spiro atoms. The Kier molecular flexibility index (Phi) is 4.27. The van der Waals surface area contributed by atoms with E-state index in [1.54, 1.807) is 0 Å². The number of nitrogens with zero attached hydrogens (tertiary/aromatic N) is 3. The summed E-state index contributed by atoms with van der Waals surface area (Å²) in [5, 5.41) is 9.77. The molecule has 3 N–H and O–H groups in total. The summed E-state index contributed by atoms with van der Waals surface area (Å²) in [4.78, 5) is 11.0. The Morgan fingerprint density at radius 2 is 2.33 bits per heavy atom. The second-order valence-corrected chi connectivity index (χ2v) is 5.32. The number of hydrogen-bond acceptors (Lipinski definition) is 5. The van der Waals surface area contributed by atoms with Crippen molar-refractivity contribution in [3.63, 3.8) is 0 Å². The van der Waals surface area contributed by atoms with Crippen LogP contribution in [0.15, 0.2) is 12.3 Å². The van der Waals surface area contributed by atoms with Crippen molar-refractivity contribution in [3.8, 4) is 0 Å². The van der Waals surface area contributed by atoms with Gasteiger partial charge in [0.25, 0.3) is 0 Å². The van der Waals surface area contributed by atoms with E-state index in [4.69, 9.17) is 5.73 Å². The van der Waals surface area contributed by atoms with E-state index in [0.29, 0.717) is 12.5 Å². The minimum Gasteiger partial charge on any atom is -0.390 e. The average Bonchev–Trinajstić information content (AvgIpc) is 2.34. The van der Waals surface area contributed by atoms with Gasteiger partial charge in [0.2, 0.25) is 0 Å². The molecular weight excluding hydrogens is 228 g/mol. The number of piperidine rings is 1. The lowest BCUT2D eigenvalue weighted by molar-refractivity contribution is 0.0493. The largest absolute Gasteiger partial charge is 0.390 e. The van der Waals surface area contributed by atoms with Crippen molar-refractivity contribution in [2.24, 2.45) is 5.73 Å². The molecule has 2 atom stereocenters. The maximum absolute atomic E-state index is 9.77. The smallest absolute Gasteiger partial charge is 0.131 e. The van der Waals surface area contributed by atoms with Gasteiger partial charge in [-0.2, -0.15) is 0 Å². The van der Waals surface area contributed by atoms with Crippen LogP contribution >= 0.6 is 0 Å². The van der Waals surface area contributed by atoms with E-state index in [0.717, 1.165) is 31.0 Å². The Morgan fingerprint density at radius 1 is 1.56 bits per heavy atom. The summed E-state index contributed by atoms with van der Waals surface area (Å²) >= 11 is 0. The Morgan fingerprint density at radius 3 is 3.00 bits per heavy atom. The second-order valence-electron chi connectivity index (χ2n) is 5.32. The summed E-state index contributed by atoms with van der Waals surface area (Å²) in [6, 6.07) is 1.85. The van der Waals surface area contributed by atoms with E-state index in [1.165, 1.54) is 0 Å². The van der Waals surface area contributed by atoms with Gasteiger partial charge >= 0.3 is 0 Å². The van der Waals surface area contributed by atoms with Gasteiger partial charge in [-0.05, 0) is 12.5 Å². The topological polar surface area (TPSA) is 75.3 Å². The van der Waals surface area contributed by atoms with Gasteiger partial charge in [0, 0.05) is 37.8 Å². The molecule has 0 amide bonds. The Hall–Kier alpha value is -1.04. The summed E-state index contributed by atoms with van der Waals surface area (Å²) in [6.07, 6.45) is 2.22. The van der Waals surface area contributed by atoms with Gasteiger partial charge in [0.1, 0.15) is 5.82 Å². The lowest BCUT2D eigenvalue weighted by atomic mass is 10.0. The molecule has 0 radical (unpaired) electrons. The molecule has 2 rings (SSSR count). The zero-order chi connectivity index (χ0) is 13.1. The van der Waals surface area contributed by atoms with E-state index in [2.05, 4.69) is 28.7 Å². The molecule has 1 aliphatic rings. The van der Waals surface area contributed by atoms with Crippen LogP contribution in [0.3, 0.4) is 0 Å². The highest BCUT2D eigenvalue weighted by atomic mass is 16.3. The van der Waals surface area contributed by atoms with Crippen LogP contribution < -0.4 is 5.73 Å². The number of likely N-dealkylation sites (tertiary alicyclic amines) is 1. The van der Waals surface area contributed by atoms with Crippen molar-refractivity contribution >= 4 is 0 Å². The standard InChI is InChI=1S/C13H22N4O/c1-9(2)13-15-5-3-10(16-13)7-17-6-4-11(14)12(18)8-17/h3,5,9,11-12,18H,4,6-8,14H2,1-2H3/t11-,12-/m1/s1. The van der Waals surface area contributed by atoms with E-state index >= 15 is 0 Å². The van der Waals surface area contributed by atoms with Gasteiger partial charge < -0.3 is 10.8 Å². The highest BCUT2D eigenvalue weighted by Crippen LogP contribution is 2.13. The summed E-state index contributed by atoms with van der Waals surface area (Å²) in [6.45, 7) is 6.47. The Labute approximate surface area is 108 Å². The molecule has 0 aliphatic carbocycles. The Bertz CT molecular complexity index is 396. The number of rotatable bonds is 3. The average molecular weight is 250 g/mol. The first kappa shape index (κ1) is 13.4. The quantitative estimate of drug-likeness (QED) is 0.817. The second kappa shape index (κ2) is 5.73. The normalized spacial score (nSPS) is 25.6. The van der Waals surface area contributed by atoms with E-state index < -0.39 is 6.10 Å². The molecule has 1 aromatic heterocycles. The monoisotopic (exact) mass is 250 g/mol. The van der Waals surface area contributed by atoms with Crippen molar-refractivity contribution < 1.29 is 5.11 Å². The van der Waals surface area contributed by atoms with Crippen LogP contribution in [-0.4, -0.2) is 45.2 Å². The van der Waals surface area contributed by atoms with Crippen molar-refractivity contribution in [2.75, 3.05) is 13.1 Å². The predicted molar refractivity (Wildman–Crippen MR) is 70.0 cm³/mol. The molecule has 100 valence electrons. The third kappa shape index (κ3) is 3.25. The van der Waals surface area contributed by atoms with E-state index in [9.17, 15) is 5.11 Å². The number of aliphatic hydroxyl groups is 1. The summed E-state index contributed by atoms with van der Waals surface area (Å²) in [5.74, 6) is 1.21. The fourth-order valence-corrected chi connectivity index (χ4v) is 2.17. The molecule has 0 aromatic carbocycles. The van der Waals surface area contributed by atoms with Gasteiger partial charge in [0.15, 0.2) is 0 Å². The first-order valence-corrected chi connectivity index (χ1v) is 6.54. The fourth-order valence-electron chi connectivity index (χ4n) is 2.17. The number of hydrogen-bond donors (Lipinski definition) is 2. The van der Waals surface area contributed by atoms with Crippen LogP contribution in [0.5, 0.6) is 0 Å². The van der Waals surface area contributed by atoms with Crippen molar-refractivity contribution in [2.45, 2.75) is 44.9 Å². The van der Waals surface area contributed by atoms with E-state index in [1.807, 2.05) is 12.3 Å². The minimum atomic E-state index is -0.426. The molecule has 1 fully saturated rings. The zero-order valence-electron chi connectivity index (χ0n) is 11.1. The third-order valence-corrected chi connectivity index (χ3v) is 3.35. The van der Waals surface area contributed by atoms with Crippen LogP contribution in [0.2, 0.25) is 0 Å². The lowest BCUT2D eigenvalue weighted by Crippen LogP contribution is -2.50. The summed E-state index contributed by atoms with van der Waals surface area (Å²) in [5.41, 5.74) is 6.81. The third-order valence-electron chi connectivity index (χ3n) is 3.35. The highest BCUT2D eigenvalue weighted by molar-refractivity contribution is 5.05. The SMILES string of the molecule is CC(C)c1nccc(CN2CC[C@@H](N)[C@H](O)C2)n1. The first-order chi connectivity index (χ1) is 8.56. The molecule has 0 unspecified atom stereocenters. The summed E-state index contributed by atoms with van der Waals surface area (Å²) in [7, 11) is 0. The predicted octanol–water partition coefficient (Wildman–Crippen LogP) is 0.494. The lowest BCUT2D eigenvalue weighted by Gasteiger charge is -2.33. The molecule has 0 saturated carbocycles. The number of nitrogens with two attached hydrogens (primary N) is 1. The molecule has 5 nitrogen and oxygen atoms in total. The fraction of sp³-hybridized carbons (Fsp3) is 0.692. The minimum absolute atomic E-state index is 0.0853. The van der Waals surface area contributed by atoms with Crippen molar-refractivity contribution in [1.29, 1.82) is 0 Å². The van der Waals surface area contributed by atoms with Crippen LogP contribution in [-0.2, 0) is 6.54 Å². The zero-order valence-corrected chi connectivity index (χ0v) is 11.1. The van der Waals surface area contributed by atoms with Crippen LogP contribution in [0.4, 0.5) is 0 Å². The van der Waals surface area contributed by atoms with Gasteiger partial charge in [-0.15, -0.1) is 0 Å². The molecular formula is C13H22N4O. The summed E-state index contributed by atoms with van der Waals surface area (Å²) < 4.78 is 0. The van der Waals surface area contributed by atoms with Gasteiger partial charge in [-0.1, -0.05) is 13.8 Å². The molecule has 1 aliphatic heterocycles. The van der Waals surface area contributed by atoms with Crippen LogP contribution in [0, 0.1) is 0 Å². The van der Waals surface area contributed by atoms with Gasteiger partial charge in [-0.25, -0.2) is 9.97 Å². The highest BCUT2D eigenvalue weighted by Gasteiger charge is 2.24. The molecule has 1 saturated heterocycles. The molecule has 1 aromatic rings. The molecule has 0 bridgehead atoms. The van der Waals surface area contributed by atoms with Crippen LogP contribution in [0.1, 0.15) is 37.7 Å². The van der Waals surface area contributed by atoms with Crippen molar-refractivity contribution in [1.82, 2.24) is 14.9 Å². The molecule has 2 heterocycles. The maximum atomic E-state index is 9.77. The van der Waals surface area contributed by atoms with Gasteiger partial charge in [0.05, 0.1) is 11.8 Å². The first-order valence-electron chi connectivity index (χ1n) is 6.54. The number of aromatic nitrogens is 2. The maximum Gasteiger partial charge on any atom is 0.131 e. The Balaban J connectivity index is 1.99. The van der Waals surface area contributed by atoms with E-state index in [-0.39, 0.29) is 6.04 Å². The van der Waals surface area contributed by atoms with Crippen LogP contribution in [0.25, 0.3) is 0 Å². The number of aliphatic hydroxyl groups excluding tert-OH is 1. The van der Waals surface area contributed by atoms with Gasteiger partial charge in [-0.3, -0.25) is 4.90 Å². The number of β-amino-alcohol motifs (C(OH)–C–C–N with tert-alkyl or cyclic N) is 1. The molecule has 18 heavy (non-hydrogen) atoms.